The third kappa shape index (κ3) is 2.72. The maximum Gasteiger partial charge on any atom is 0.279 e. The topological polar surface area (TPSA) is 134 Å². The number of aliphatic hydroxyl groups is 3. The van der Waals surface area contributed by atoms with Gasteiger partial charge in [0.05, 0.1) is 6.61 Å². The molecule has 26 heavy (non-hydrogen) atoms. The molecule has 1 amide bonds. The predicted octanol–water partition coefficient (Wildman–Crippen LogP) is -3.32. The highest BCUT2D eigenvalue weighted by Crippen LogP contribution is 2.30. The number of piperazine rings is 1. The van der Waals surface area contributed by atoms with Gasteiger partial charge in [-0.2, -0.15) is 4.99 Å². The van der Waals surface area contributed by atoms with Gasteiger partial charge in [0, 0.05) is 26.2 Å². The van der Waals surface area contributed by atoms with E-state index in [-0.39, 0.29) is 0 Å². The van der Waals surface area contributed by atoms with Gasteiger partial charge in [0.2, 0.25) is 5.96 Å². The van der Waals surface area contributed by atoms with Gasteiger partial charge >= 0.3 is 0 Å². The molecule has 4 rings (SSSR count). The Morgan fingerprint density at radius 3 is 2.62 bits per heavy atom. The molecular weight excluding hydrogens is 344 g/mol. The van der Waals surface area contributed by atoms with Gasteiger partial charge in [0.15, 0.2) is 12.3 Å². The number of hydrogen-bond donors (Lipinski definition) is 3. The molecule has 11 nitrogen and oxygen atoms in total. The first-order chi connectivity index (χ1) is 12.5. The second kappa shape index (κ2) is 6.67. The highest BCUT2D eigenvalue weighted by molar-refractivity contribution is 6.22. The minimum atomic E-state index is -1.28. The first-order valence-corrected chi connectivity index (χ1v) is 8.58. The minimum absolute atomic E-state index is 0.314. The molecule has 11 heteroatoms. The van der Waals surface area contributed by atoms with Crippen LogP contribution in [0.3, 0.4) is 0 Å². The number of aliphatic imine (C=N–C) groups is 3. The van der Waals surface area contributed by atoms with Crippen molar-refractivity contribution in [2.24, 2.45) is 15.0 Å². The van der Waals surface area contributed by atoms with Gasteiger partial charge in [-0.15, -0.1) is 0 Å². The fourth-order valence-electron chi connectivity index (χ4n) is 3.56. The van der Waals surface area contributed by atoms with E-state index in [9.17, 15) is 20.1 Å². The smallest absolute Gasteiger partial charge is 0.279 e. The fraction of sp³-hybridized carbons (Fsp3) is 0.733. The third-order valence-corrected chi connectivity index (χ3v) is 5.12. The van der Waals surface area contributed by atoms with Crippen LogP contribution >= 0.6 is 0 Å². The van der Waals surface area contributed by atoms with Crippen molar-refractivity contribution in [3.63, 3.8) is 0 Å². The molecule has 5 atom stereocenters. The lowest BCUT2D eigenvalue weighted by molar-refractivity contribution is -0.117. The molecule has 142 valence electrons. The average molecular weight is 366 g/mol. The maximum atomic E-state index is 12.2. The van der Waals surface area contributed by atoms with Gasteiger partial charge < -0.3 is 29.9 Å². The van der Waals surface area contributed by atoms with Crippen LogP contribution in [0.1, 0.15) is 0 Å². The van der Waals surface area contributed by atoms with Crippen LogP contribution in [0.5, 0.6) is 0 Å². The molecule has 4 aliphatic rings. The number of rotatable bonds is 2. The Labute approximate surface area is 149 Å². The Morgan fingerprint density at radius 2 is 1.96 bits per heavy atom. The number of aliphatic hydroxyl groups excluding tert-OH is 3. The van der Waals surface area contributed by atoms with Crippen LogP contribution in [-0.2, 0) is 9.53 Å². The average Bonchev–Trinajstić information content (AvgIpc) is 3.15. The normalized spacial score (nSPS) is 37.8. The summed E-state index contributed by atoms with van der Waals surface area (Å²) >= 11 is 0. The Morgan fingerprint density at radius 1 is 1.23 bits per heavy atom. The van der Waals surface area contributed by atoms with E-state index in [1.807, 2.05) is 11.9 Å². The summed E-state index contributed by atoms with van der Waals surface area (Å²) in [7, 11) is 2.03. The molecule has 2 saturated heterocycles. The molecule has 0 aromatic carbocycles. The molecule has 0 aromatic heterocycles. The maximum absolute atomic E-state index is 12.2. The van der Waals surface area contributed by atoms with Crippen LogP contribution in [0.4, 0.5) is 0 Å². The van der Waals surface area contributed by atoms with Crippen molar-refractivity contribution in [3.8, 4) is 0 Å². The molecule has 2 fully saturated rings. The van der Waals surface area contributed by atoms with Crippen molar-refractivity contribution in [3.05, 3.63) is 0 Å². The molecule has 4 aliphatic heterocycles. The number of guanidine groups is 1. The number of hydrogen-bond acceptors (Lipinski definition) is 10. The van der Waals surface area contributed by atoms with E-state index in [0.717, 1.165) is 19.4 Å². The van der Waals surface area contributed by atoms with Crippen molar-refractivity contribution in [2.45, 2.75) is 30.6 Å². The van der Waals surface area contributed by atoms with Crippen molar-refractivity contribution in [2.75, 3.05) is 39.8 Å². The number of likely N-dealkylation sites (N-methyl/N-ethyl adjacent to an activating group) is 1. The SMILES string of the molecule is CN1CCN(C2=NC3C(=O)N=CN=C3N2[C@H]2O[C@@H](CO)[C@H](O)[C@@H]2O)CC1. The molecular formula is C15H22N6O5. The van der Waals surface area contributed by atoms with Crippen molar-refractivity contribution >= 4 is 24.0 Å². The lowest BCUT2D eigenvalue weighted by Crippen LogP contribution is -2.57. The summed E-state index contributed by atoms with van der Waals surface area (Å²) in [4.78, 5) is 30.3. The highest BCUT2D eigenvalue weighted by Gasteiger charge is 2.52. The Kier molecular flexibility index (Phi) is 4.49. The predicted molar refractivity (Wildman–Crippen MR) is 90.8 cm³/mol. The number of amides is 1. The summed E-state index contributed by atoms with van der Waals surface area (Å²) in [5.41, 5.74) is 0. The van der Waals surface area contributed by atoms with Crippen LogP contribution in [0.15, 0.2) is 15.0 Å². The number of carbonyl (C=O) groups excluding carboxylic acids is 1. The molecule has 3 N–H and O–H groups in total. The lowest BCUT2D eigenvalue weighted by Gasteiger charge is -2.39. The van der Waals surface area contributed by atoms with Crippen LogP contribution in [0, 0.1) is 0 Å². The van der Waals surface area contributed by atoms with Crippen molar-refractivity contribution in [1.82, 2.24) is 14.7 Å². The highest BCUT2D eigenvalue weighted by atomic mass is 16.6. The van der Waals surface area contributed by atoms with Crippen molar-refractivity contribution in [1.29, 1.82) is 0 Å². The number of fused-ring (bicyclic) bond motifs is 1. The number of amidine groups is 1. The Bertz CT molecular complexity index is 673. The van der Waals surface area contributed by atoms with E-state index in [2.05, 4.69) is 19.9 Å². The van der Waals surface area contributed by atoms with Crippen LogP contribution < -0.4 is 0 Å². The number of carbonyl (C=O) groups is 1. The van der Waals surface area contributed by atoms with Crippen molar-refractivity contribution < 1.29 is 24.9 Å². The molecule has 4 heterocycles. The zero-order valence-electron chi connectivity index (χ0n) is 14.3. The molecule has 1 unspecified atom stereocenters. The summed E-state index contributed by atoms with van der Waals surface area (Å²) in [6.07, 6.45) is -3.28. The third-order valence-electron chi connectivity index (χ3n) is 5.12. The van der Waals surface area contributed by atoms with E-state index >= 15 is 0 Å². The van der Waals surface area contributed by atoms with E-state index in [0.29, 0.717) is 24.9 Å². The van der Waals surface area contributed by atoms with Gasteiger partial charge in [-0.3, -0.25) is 9.69 Å². The monoisotopic (exact) mass is 366 g/mol. The number of nitrogens with zero attached hydrogens (tertiary/aromatic N) is 6. The second-order valence-electron chi connectivity index (χ2n) is 6.79. The molecule has 0 saturated carbocycles. The van der Waals surface area contributed by atoms with Crippen LogP contribution in [0.2, 0.25) is 0 Å². The first kappa shape index (κ1) is 17.5. The van der Waals surface area contributed by atoms with Gasteiger partial charge in [-0.1, -0.05) is 0 Å². The summed E-state index contributed by atoms with van der Waals surface area (Å²) in [6, 6.07) is -0.879. The quantitative estimate of drug-likeness (QED) is 0.462. The molecule has 0 bridgehead atoms. The fourth-order valence-corrected chi connectivity index (χ4v) is 3.56. The Balaban J connectivity index is 1.67. The minimum Gasteiger partial charge on any atom is -0.394 e. The van der Waals surface area contributed by atoms with E-state index < -0.39 is 43.1 Å². The van der Waals surface area contributed by atoms with Gasteiger partial charge in [0.1, 0.15) is 30.5 Å². The van der Waals surface area contributed by atoms with E-state index in [1.54, 1.807) is 4.90 Å². The molecule has 0 spiro atoms. The van der Waals surface area contributed by atoms with Gasteiger partial charge in [-0.05, 0) is 7.05 Å². The largest absolute Gasteiger partial charge is 0.394 e. The summed E-state index contributed by atoms with van der Waals surface area (Å²) in [5.74, 6) is 0.347. The Hall–Kier alpha value is -1.92. The van der Waals surface area contributed by atoms with E-state index in [1.165, 1.54) is 0 Å². The second-order valence-corrected chi connectivity index (χ2v) is 6.79. The van der Waals surface area contributed by atoms with E-state index in [4.69, 9.17) is 4.74 Å². The zero-order valence-corrected chi connectivity index (χ0v) is 14.3. The lowest BCUT2D eigenvalue weighted by atomic mass is 10.1. The summed E-state index contributed by atoms with van der Waals surface area (Å²) < 4.78 is 5.67. The molecule has 0 aromatic rings. The number of ether oxygens (including phenoxy) is 1. The van der Waals surface area contributed by atoms with Gasteiger partial charge in [0.25, 0.3) is 5.91 Å². The molecule has 0 aliphatic carbocycles. The van der Waals surface area contributed by atoms with Gasteiger partial charge in [-0.25, -0.2) is 9.98 Å². The van der Waals surface area contributed by atoms with Crippen LogP contribution in [-0.4, -0.2) is 124 Å². The zero-order chi connectivity index (χ0) is 18.4. The standard InChI is InChI=1S/C15H22N6O5/c1-19-2-4-20(5-3-19)15-18-9-12(16-7-17-13(9)25)21(15)14-11(24)10(23)8(6-22)26-14/h7-11,14,22-24H,2-6H2,1H3/t8-,9?,10-,11-,14-/m0/s1. The summed E-state index contributed by atoms with van der Waals surface area (Å²) in [6.45, 7) is 2.60. The van der Waals surface area contributed by atoms with Crippen LogP contribution in [0.25, 0.3) is 0 Å². The first-order valence-electron chi connectivity index (χ1n) is 8.58. The molecule has 0 radical (unpaired) electrons. The summed E-state index contributed by atoms with van der Waals surface area (Å²) in [5, 5.41) is 29.9.